The van der Waals surface area contributed by atoms with Gasteiger partial charge in [-0.15, -0.1) is 0 Å². The Hall–Kier alpha value is -2.12. The van der Waals surface area contributed by atoms with Crippen LogP contribution in [-0.4, -0.2) is 53.4 Å². The third-order valence-corrected chi connectivity index (χ3v) is 1.91. The number of amides is 5. The third-order valence-electron chi connectivity index (χ3n) is 1.91. The summed E-state index contributed by atoms with van der Waals surface area (Å²) in [7, 11) is 0. The molecule has 16 heavy (non-hydrogen) atoms. The first-order valence-electron chi connectivity index (χ1n) is 4.54. The van der Waals surface area contributed by atoms with E-state index in [1.165, 1.54) is 0 Å². The van der Waals surface area contributed by atoms with E-state index in [0.717, 1.165) is 0 Å². The summed E-state index contributed by atoms with van der Waals surface area (Å²) in [6.07, 6.45) is 0. The van der Waals surface area contributed by atoms with Crippen molar-refractivity contribution in [3.05, 3.63) is 0 Å². The first-order chi connectivity index (χ1) is 7.47. The molecule has 0 bridgehead atoms. The van der Waals surface area contributed by atoms with Crippen LogP contribution in [0.4, 0.5) is 9.59 Å². The van der Waals surface area contributed by atoms with E-state index < -0.39 is 37.0 Å². The first kappa shape index (κ1) is 12.0. The van der Waals surface area contributed by atoms with Gasteiger partial charge in [0.2, 0.25) is 0 Å². The van der Waals surface area contributed by atoms with Crippen LogP contribution >= 0.6 is 0 Å². The van der Waals surface area contributed by atoms with E-state index in [0.29, 0.717) is 9.80 Å². The molecule has 0 aliphatic carbocycles. The van der Waals surface area contributed by atoms with Gasteiger partial charge in [0.1, 0.15) is 13.1 Å². The summed E-state index contributed by atoms with van der Waals surface area (Å²) in [6.45, 7) is 0.804. The predicted molar refractivity (Wildman–Crippen MR) is 50.0 cm³/mol. The average molecular weight is 229 g/mol. The van der Waals surface area contributed by atoms with Gasteiger partial charge in [0.05, 0.1) is 6.61 Å². The normalized spacial score (nSPS) is 15.6. The molecule has 0 saturated carbocycles. The van der Waals surface area contributed by atoms with Gasteiger partial charge in [-0.05, 0) is 6.92 Å². The number of ether oxygens (including phenoxy) is 1. The van der Waals surface area contributed by atoms with Crippen molar-refractivity contribution in [3.63, 3.8) is 0 Å². The summed E-state index contributed by atoms with van der Waals surface area (Å²) in [4.78, 5) is 45.7. The van der Waals surface area contributed by atoms with Gasteiger partial charge in [-0.25, -0.2) is 14.5 Å². The van der Waals surface area contributed by atoms with Gasteiger partial charge in [-0.2, -0.15) is 0 Å². The van der Waals surface area contributed by atoms with Crippen LogP contribution in [0.3, 0.4) is 0 Å². The van der Waals surface area contributed by atoms with Crippen LogP contribution in [0.5, 0.6) is 0 Å². The number of imide groups is 2. The maximum Gasteiger partial charge on any atom is 0.335 e. The molecule has 2 N–H and O–H groups in total. The number of rotatable bonds is 3. The fraction of sp³-hybridized carbons (Fsp3) is 0.500. The van der Waals surface area contributed by atoms with Crippen LogP contribution in [0.1, 0.15) is 6.92 Å². The van der Waals surface area contributed by atoms with E-state index in [4.69, 9.17) is 5.73 Å². The molecule has 1 fully saturated rings. The number of esters is 1. The summed E-state index contributed by atoms with van der Waals surface area (Å²) in [6, 6.07) is -1.92. The Labute approximate surface area is 90.9 Å². The van der Waals surface area contributed by atoms with Crippen molar-refractivity contribution in [3.8, 4) is 0 Å². The topological polar surface area (TPSA) is 110 Å². The quantitative estimate of drug-likeness (QED) is 0.487. The van der Waals surface area contributed by atoms with E-state index >= 15 is 0 Å². The zero-order valence-electron chi connectivity index (χ0n) is 8.63. The molecular weight excluding hydrogens is 218 g/mol. The molecule has 8 nitrogen and oxygen atoms in total. The molecule has 0 atom stereocenters. The van der Waals surface area contributed by atoms with Crippen molar-refractivity contribution in [2.24, 2.45) is 5.73 Å². The maximum atomic E-state index is 11.4. The Balaban J connectivity index is 2.68. The summed E-state index contributed by atoms with van der Waals surface area (Å²) in [5, 5.41) is 0. The average Bonchev–Trinajstić information content (AvgIpc) is 2.46. The summed E-state index contributed by atoms with van der Waals surface area (Å²) < 4.78 is 4.58. The fourth-order valence-corrected chi connectivity index (χ4v) is 1.20. The van der Waals surface area contributed by atoms with Crippen LogP contribution < -0.4 is 5.73 Å². The van der Waals surface area contributed by atoms with Crippen molar-refractivity contribution in [1.29, 1.82) is 0 Å². The molecule has 1 heterocycles. The predicted octanol–water partition coefficient (Wildman–Crippen LogP) is -1.11. The minimum atomic E-state index is -1.02. The molecule has 0 aromatic carbocycles. The lowest BCUT2D eigenvalue weighted by Gasteiger charge is -2.13. The Morgan fingerprint density at radius 2 is 2.06 bits per heavy atom. The standard InChI is InChI=1S/C8H11N3O5/c1-2-16-6(13)4-10-5(12)3-11(7(9)14)8(10)15/h2-4H2,1H3,(H2,9,14). The van der Waals surface area contributed by atoms with Crippen LogP contribution in [-0.2, 0) is 14.3 Å². The molecule has 1 aliphatic rings. The fourth-order valence-electron chi connectivity index (χ4n) is 1.20. The lowest BCUT2D eigenvalue weighted by molar-refractivity contribution is -0.146. The van der Waals surface area contributed by atoms with E-state index in [2.05, 4.69) is 4.74 Å². The molecule has 0 radical (unpaired) electrons. The first-order valence-corrected chi connectivity index (χ1v) is 4.54. The van der Waals surface area contributed by atoms with Crippen LogP contribution in [0, 0.1) is 0 Å². The highest BCUT2D eigenvalue weighted by atomic mass is 16.5. The number of hydrogen-bond donors (Lipinski definition) is 1. The lowest BCUT2D eigenvalue weighted by Crippen LogP contribution is -2.41. The van der Waals surface area contributed by atoms with Gasteiger partial charge < -0.3 is 10.5 Å². The minimum absolute atomic E-state index is 0.147. The Kier molecular flexibility index (Phi) is 3.44. The second kappa shape index (κ2) is 4.60. The molecule has 0 aromatic rings. The lowest BCUT2D eigenvalue weighted by atomic mass is 10.5. The molecule has 0 aromatic heterocycles. The zero-order valence-corrected chi connectivity index (χ0v) is 8.63. The molecular formula is C8H11N3O5. The highest BCUT2D eigenvalue weighted by Gasteiger charge is 2.39. The summed E-state index contributed by atoms with van der Waals surface area (Å²) >= 11 is 0. The molecule has 1 rings (SSSR count). The Morgan fingerprint density at radius 1 is 1.44 bits per heavy atom. The van der Waals surface area contributed by atoms with Gasteiger partial charge in [-0.1, -0.05) is 0 Å². The number of hydrogen-bond acceptors (Lipinski definition) is 5. The van der Waals surface area contributed by atoms with Crippen molar-refractivity contribution >= 4 is 23.9 Å². The van der Waals surface area contributed by atoms with E-state index in [-0.39, 0.29) is 6.61 Å². The monoisotopic (exact) mass is 229 g/mol. The molecule has 0 spiro atoms. The number of primary amides is 1. The van der Waals surface area contributed by atoms with Gasteiger partial charge in [-0.3, -0.25) is 14.5 Å². The third kappa shape index (κ3) is 2.27. The van der Waals surface area contributed by atoms with Crippen LogP contribution in [0.25, 0.3) is 0 Å². The van der Waals surface area contributed by atoms with E-state index in [1.807, 2.05) is 0 Å². The number of nitrogens with two attached hydrogens (primary N) is 1. The van der Waals surface area contributed by atoms with Crippen LogP contribution in [0.2, 0.25) is 0 Å². The molecule has 88 valence electrons. The van der Waals surface area contributed by atoms with Crippen molar-refractivity contribution in [2.75, 3.05) is 19.7 Å². The highest BCUT2D eigenvalue weighted by Crippen LogP contribution is 2.09. The summed E-state index contributed by atoms with van der Waals surface area (Å²) in [5.41, 5.74) is 4.87. The second-order valence-corrected chi connectivity index (χ2v) is 2.99. The van der Waals surface area contributed by atoms with Gasteiger partial charge >= 0.3 is 18.0 Å². The van der Waals surface area contributed by atoms with Crippen molar-refractivity contribution in [1.82, 2.24) is 9.80 Å². The molecule has 5 amide bonds. The van der Waals surface area contributed by atoms with Crippen molar-refractivity contribution in [2.45, 2.75) is 6.92 Å². The Morgan fingerprint density at radius 3 is 2.50 bits per heavy atom. The van der Waals surface area contributed by atoms with Crippen molar-refractivity contribution < 1.29 is 23.9 Å². The number of nitrogens with zero attached hydrogens (tertiary/aromatic N) is 2. The molecule has 1 saturated heterocycles. The van der Waals surface area contributed by atoms with Gasteiger partial charge in [0, 0.05) is 0 Å². The minimum Gasteiger partial charge on any atom is -0.465 e. The maximum absolute atomic E-state index is 11.4. The molecule has 0 unspecified atom stereocenters. The van der Waals surface area contributed by atoms with Crippen LogP contribution in [0.15, 0.2) is 0 Å². The van der Waals surface area contributed by atoms with E-state index in [1.54, 1.807) is 6.92 Å². The molecule has 1 aliphatic heterocycles. The summed E-state index contributed by atoms with van der Waals surface area (Å²) in [5.74, 6) is -1.37. The molecule has 8 heteroatoms. The Bertz CT molecular complexity index is 354. The number of carbonyl (C=O) groups excluding carboxylic acids is 4. The van der Waals surface area contributed by atoms with E-state index in [9.17, 15) is 19.2 Å². The highest BCUT2D eigenvalue weighted by molar-refractivity contribution is 6.10. The number of carbonyl (C=O) groups is 4. The number of urea groups is 2. The largest absolute Gasteiger partial charge is 0.465 e. The SMILES string of the molecule is CCOC(=O)CN1C(=O)CN(C(N)=O)C1=O. The van der Waals surface area contributed by atoms with Gasteiger partial charge in [0.15, 0.2) is 0 Å². The smallest absolute Gasteiger partial charge is 0.335 e. The zero-order chi connectivity index (χ0) is 12.3. The van der Waals surface area contributed by atoms with Gasteiger partial charge in [0.25, 0.3) is 5.91 Å². The second-order valence-electron chi connectivity index (χ2n) is 2.99.